The van der Waals surface area contributed by atoms with Crippen LogP contribution >= 0.6 is 23.5 Å². The molecule has 170 valence electrons. The first-order valence-electron chi connectivity index (χ1n) is 11.1. The van der Waals surface area contributed by atoms with Gasteiger partial charge in [0.2, 0.25) is 0 Å². The molecule has 0 saturated heterocycles. The van der Waals surface area contributed by atoms with E-state index < -0.39 is 0 Å². The molecular weight excluding hydrogens is 448 g/mol. The highest BCUT2D eigenvalue weighted by Crippen LogP contribution is 2.48. The predicted molar refractivity (Wildman–Crippen MR) is 137 cm³/mol. The van der Waals surface area contributed by atoms with Crippen LogP contribution in [0, 0.1) is 0 Å². The SMILES string of the molecule is CCCCc1oc(-c2ccccc2)c(Sc2ccc(OC)cc2)c1Sc1ccc(OC)cc1. The molecule has 4 aromatic rings. The summed E-state index contributed by atoms with van der Waals surface area (Å²) >= 11 is 3.50. The smallest absolute Gasteiger partial charge is 0.149 e. The quantitative estimate of drug-likeness (QED) is 0.229. The van der Waals surface area contributed by atoms with Crippen molar-refractivity contribution < 1.29 is 13.9 Å². The summed E-state index contributed by atoms with van der Waals surface area (Å²) in [6.07, 6.45) is 3.12. The summed E-state index contributed by atoms with van der Waals surface area (Å²) in [6.45, 7) is 2.21. The number of methoxy groups -OCH3 is 2. The number of rotatable bonds is 10. The molecule has 3 aromatic carbocycles. The van der Waals surface area contributed by atoms with Gasteiger partial charge in [-0.2, -0.15) is 0 Å². The number of hydrogen-bond donors (Lipinski definition) is 0. The molecule has 4 rings (SSSR count). The lowest BCUT2D eigenvalue weighted by Crippen LogP contribution is -1.86. The second kappa shape index (κ2) is 11.4. The van der Waals surface area contributed by atoms with E-state index in [1.807, 2.05) is 30.3 Å². The van der Waals surface area contributed by atoms with Crippen molar-refractivity contribution in [3.8, 4) is 22.8 Å². The molecule has 0 saturated carbocycles. The van der Waals surface area contributed by atoms with Crippen molar-refractivity contribution in [2.24, 2.45) is 0 Å². The number of ether oxygens (including phenoxy) is 2. The third-order valence-corrected chi connectivity index (χ3v) is 7.62. The van der Waals surface area contributed by atoms with Crippen molar-refractivity contribution in [2.75, 3.05) is 14.2 Å². The summed E-state index contributed by atoms with van der Waals surface area (Å²) in [6, 6.07) is 26.8. The van der Waals surface area contributed by atoms with Gasteiger partial charge < -0.3 is 13.9 Å². The molecule has 0 N–H and O–H groups in total. The molecule has 1 heterocycles. The molecule has 0 unspecified atom stereocenters. The van der Waals surface area contributed by atoms with Gasteiger partial charge in [0.1, 0.15) is 23.0 Å². The van der Waals surface area contributed by atoms with Gasteiger partial charge in [0, 0.05) is 21.8 Å². The van der Waals surface area contributed by atoms with Crippen molar-refractivity contribution >= 4 is 23.5 Å². The normalized spacial score (nSPS) is 10.9. The van der Waals surface area contributed by atoms with Crippen molar-refractivity contribution in [3.05, 3.63) is 84.6 Å². The van der Waals surface area contributed by atoms with Gasteiger partial charge in [0.25, 0.3) is 0 Å². The second-order valence-electron chi connectivity index (χ2n) is 7.54. The van der Waals surface area contributed by atoms with Gasteiger partial charge in [-0.1, -0.05) is 67.2 Å². The van der Waals surface area contributed by atoms with Crippen molar-refractivity contribution in [1.29, 1.82) is 0 Å². The first kappa shape index (κ1) is 23.4. The zero-order valence-corrected chi connectivity index (χ0v) is 20.8. The van der Waals surface area contributed by atoms with Gasteiger partial charge in [-0.15, -0.1) is 0 Å². The van der Waals surface area contributed by atoms with E-state index in [2.05, 4.69) is 55.5 Å². The Morgan fingerprint density at radius 2 is 1.24 bits per heavy atom. The Hall–Kier alpha value is -2.76. The molecule has 3 nitrogen and oxygen atoms in total. The number of unbranched alkanes of at least 4 members (excludes halogenated alkanes) is 1. The van der Waals surface area contributed by atoms with Crippen LogP contribution in [-0.4, -0.2) is 14.2 Å². The average Bonchev–Trinajstić information content (AvgIpc) is 3.20. The Balaban J connectivity index is 1.79. The van der Waals surface area contributed by atoms with Crippen LogP contribution in [0.4, 0.5) is 0 Å². The average molecular weight is 477 g/mol. The second-order valence-corrected chi connectivity index (χ2v) is 9.70. The largest absolute Gasteiger partial charge is 0.497 e. The van der Waals surface area contributed by atoms with E-state index in [-0.39, 0.29) is 0 Å². The number of benzene rings is 3. The fraction of sp³-hybridized carbons (Fsp3) is 0.214. The molecule has 0 bridgehead atoms. The van der Waals surface area contributed by atoms with Crippen LogP contribution in [-0.2, 0) is 6.42 Å². The third-order valence-electron chi connectivity index (χ3n) is 5.24. The molecule has 0 atom stereocenters. The Morgan fingerprint density at radius 3 is 1.76 bits per heavy atom. The Bertz CT molecular complexity index is 1150. The molecule has 0 radical (unpaired) electrons. The molecular formula is C28H28O3S2. The van der Waals surface area contributed by atoms with Crippen LogP contribution in [0.5, 0.6) is 11.5 Å². The molecule has 0 aliphatic carbocycles. The maximum absolute atomic E-state index is 6.58. The van der Waals surface area contributed by atoms with Crippen molar-refractivity contribution in [1.82, 2.24) is 0 Å². The lowest BCUT2D eigenvalue weighted by atomic mass is 10.2. The number of aryl methyl sites for hydroxylation is 1. The Kier molecular flexibility index (Phi) is 8.08. The molecule has 0 aliphatic rings. The Labute approximate surface area is 204 Å². The lowest BCUT2D eigenvalue weighted by molar-refractivity contribution is 0.414. The predicted octanol–water partition coefficient (Wildman–Crippen LogP) is 8.61. The maximum Gasteiger partial charge on any atom is 0.149 e. The first-order valence-corrected chi connectivity index (χ1v) is 12.7. The van der Waals surface area contributed by atoms with Gasteiger partial charge in [0.15, 0.2) is 0 Å². The minimum atomic E-state index is 0.853. The van der Waals surface area contributed by atoms with Gasteiger partial charge in [-0.25, -0.2) is 0 Å². The van der Waals surface area contributed by atoms with Crippen LogP contribution in [0.25, 0.3) is 11.3 Å². The third kappa shape index (κ3) is 5.79. The highest BCUT2D eigenvalue weighted by Gasteiger charge is 2.23. The van der Waals surface area contributed by atoms with Crippen LogP contribution in [0.3, 0.4) is 0 Å². The highest BCUT2D eigenvalue weighted by molar-refractivity contribution is 8.02. The molecule has 0 spiro atoms. The zero-order chi connectivity index (χ0) is 23.0. The minimum absolute atomic E-state index is 0.853. The molecule has 33 heavy (non-hydrogen) atoms. The summed E-state index contributed by atoms with van der Waals surface area (Å²) in [5.74, 6) is 3.69. The molecule has 5 heteroatoms. The summed E-state index contributed by atoms with van der Waals surface area (Å²) < 4.78 is 17.3. The monoisotopic (exact) mass is 476 g/mol. The van der Waals surface area contributed by atoms with Gasteiger partial charge in [0.05, 0.1) is 24.0 Å². The van der Waals surface area contributed by atoms with E-state index in [4.69, 9.17) is 13.9 Å². The Morgan fingerprint density at radius 1 is 0.697 bits per heavy atom. The molecule has 1 aromatic heterocycles. The topological polar surface area (TPSA) is 31.6 Å². The first-order chi connectivity index (χ1) is 16.2. The molecule has 0 aliphatic heterocycles. The zero-order valence-electron chi connectivity index (χ0n) is 19.2. The van der Waals surface area contributed by atoms with Crippen molar-refractivity contribution in [2.45, 2.75) is 45.8 Å². The van der Waals surface area contributed by atoms with Crippen molar-refractivity contribution in [3.63, 3.8) is 0 Å². The van der Waals surface area contributed by atoms with Gasteiger partial charge >= 0.3 is 0 Å². The fourth-order valence-corrected chi connectivity index (χ4v) is 5.61. The van der Waals surface area contributed by atoms with Crippen LogP contribution in [0.2, 0.25) is 0 Å². The minimum Gasteiger partial charge on any atom is -0.497 e. The van der Waals surface area contributed by atoms with E-state index in [9.17, 15) is 0 Å². The van der Waals surface area contributed by atoms with E-state index in [1.165, 1.54) is 4.90 Å². The number of hydrogen-bond acceptors (Lipinski definition) is 5. The van der Waals surface area contributed by atoms with E-state index >= 15 is 0 Å². The van der Waals surface area contributed by atoms with Crippen LogP contribution in [0.15, 0.2) is 103 Å². The molecule has 0 amide bonds. The van der Waals surface area contributed by atoms with Gasteiger partial charge in [-0.3, -0.25) is 0 Å². The summed E-state index contributed by atoms with van der Waals surface area (Å²) in [7, 11) is 3.38. The van der Waals surface area contributed by atoms with E-state index in [0.29, 0.717) is 0 Å². The van der Waals surface area contributed by atoms with E-state index in [1.54, 1.807) is 37.7 Å². The van der Waals surface area contributed by atoms with Crippen LogP contribution < -0.4 is 9.47 Å². The van der Waals surface area contributed by atoms with Gasteiger partial charge in [-0.05, 0) is 55.0 Å². The molecule has 0 fully saturated rings. The maximum atomic E-state index is 6.58. The van der Waals surface area contributed by atoms with Crippen LogP contribution in [0.1, 0.15) is 25.5 Å². The van der Waals surface area contributed by atoms with E-state index in [0.717, 1.165) is 62.5 Å². The summed E-state index contributed by atoms with van der Waals surface area (Å²) in [4.78, 5) is 4.64. The standard InChI is InChI=1S/C28H28O3S2/c1-4-5-11-25-27(32-23-16-12-21(29-2)13-17-23)28(26(31-25)20-9-7-6-8-10-20)33-24-18-14-22(30-3)15-19-24/h6-10,12-19H,4-5,11H2,1-3H3. The summed E-state index contributed by atoms with van der Waals surface area (Å²) in [5, 5.41) is 0. The lowest BCUT2D eigenvalue weighted by Gasteiger charge is -2.09. The highest BCUT2D eigenvalue weighted by atomic mass is 32.2. The fourth-order valence-electron chi connectivity index (χ4n) is 3.45. The summed E-state index contributed by atoms with van der Waals surface area (Å²) in [5.41, 5.74) is 1.09. The number of furan rings is 1.